The van der Waals surface area contributed by atoms with Crippen LogP contribution in [0.25, 0.3) is 0 Å². The molecule has 0 unspecified atom stereocenters. The van der Waals surface area contributed by atoms with Gasteiger partial charge in [0.25, 0.3) is 0 Å². The van der Waals surface area contributed by atoms with Crippen LogP contribution in [0.3, 0.4) is 0 Å². The van der Waals surface area contributed by atoms with Crippen LogP contribution >= 0.6 is 0 Å². The summed E-state index contributed by atoms with van der Waals surface area (Å²) in [4.78, 5) is 4.76. The van der Waals surface area contributed by atoms with Crippen LogP contribution in [0.5, 0.6) is 0 Å². The van der Waals surface area contributed by atoms with E-state index in [9.17, 15) is 0 Å². The molecule has 1 nitrogen and oxygen atoms in total. The monoisotopic (exact) mass is 373 g/mol. The molecule has 0 aliphatic carbocycles. The number of benzene rings is 2. The van der Waals surface area contributed by atoms with Gasteiger partial charge in [-0.25, -0.2) is 0 Å². The average molecular weight is 375 g/mol. The van der Waals surface area contributed by atoms with E-state index >= 15 is 0 Å². The van der Waals surface area contributed by atoms with Crippen LogP contribution in [0.1, 0.15) is 25.0 Å². The van der Waals surface area contributed by atoms with Gasteiger partial charge in [0, 0.05) is 57.6 Å². The van der Waals surface area contributed by atoms with Crippen LogP contribution in [0.2, 0.25) is 0 Å². The molecule has 1 heterocycles. The molecule has 0 fully saturated rings. The van der Waals surface area contributed by atoms with Gasteiger partial charge < -0.3 is 0 Å². The van der Waals surface area contributed by atoms with Gasteiger partial charge in [0.1, 0.15) is 0 Å². The molecule has 0 N–H and O–H groups in total. The molecule has 3 heteroatoms. The van der Waals surface area contributed by atoms with Crippen molar-refractivity contribution in [2.24, 2.45) is 4.99 Å². The van der Waals surface area contributed by atoms with Gasteiger partial charge in [-0.1, -0.05) is 32.0 Å². The van der Waals surface area contributed by atoms with Gasteiger partial charge in [-0.2, -0.15) is 0 Å². The quantitative estimate of drug-likeness (QED) is 0.530. The van der Waals surface area contributed by atoms with Crippen LogP contribution in [0, 0.1) is 6.07 Å². The van der Waals surface area contributed by atoms with Gasteiger partial charge in [0.2, 0.25) is 0 Å². The molecule has 1 aliphatic rings. The van der Waals surface area contributed by atoms with Crippen LogP contribution in [-0.2, 0) is 57.6 Å². The first-order chi connectivity index (χ1) is 8.19. The Morgan fingerprint density at radius 2 is 1.68 bits per heavy atom. The molecular weight excluding hydrogens is 360 g/mol. The van der Waals surface area contributed by atoms with E-state index in [1.165, 1.54) is 5.56 Å². The van der Waals surface area contributed by atoms with Gasteiger partial charge in [-0.15, -0.1) is 35.9 Å². The standard InChI is InChI=1S/C16H14N.Y.Zn/c1-16(2)13-10-6-7-11-14(13)17-15(16)12-8-4-3-5-9-12;;/h3-8,10-11H,1-2H3;;/q-1;;. The van der Waals surface area contributed by atoms with Gasteiger partial charge in [0.15, 0.2) is 0 Å². The Bertz CT molecular complexity index is 591. The van der Waals surface area contributed by atoms with Crippen molar-refractivity contribution in [1.29, 1.82) is 0 Å². The van der Waals surface area contributed by atoms with Crippen molar-refractivity contribution in [3.05, 3.63) is 65.7 Å². The first kappa shape index (κ1) is 16.9. The molecule has 0 saturated heterocycles. The zero-order valence-corrected chi connectivity index (χ0v) is 17.2. The van der Waals surface area contributed by atoms with Crippen molar-refractivity contribution in [2.75, 3.05) is 0 Å². The fourth-order valence-corrected chi connectivity index (χ4v) is 2.42. The smallest absolute Gasteiger partial charge is 0.0553 e. The third-order valence-electron chi connectivity index (χ3n) is 3.37. The van der Waals surface area contributed by atoms with Gasteiger partial charge >= 0.3 is 0 Å². The molecule has 3 rings (SSSR count). The maximum absolute atomic E-state index is 4.76. The summed E-state index contributed by atoms with van der Waals surface area (Å²) in [6.07, 6.45) is 0. The fraction of sp³-hybridized carbons (Fsp3) is 0.188. The Balaban J connectivity index is 0.000000902. The third-order valence-corrected chi connectivity index (χ3v) is 3.37. The first-order valence-electron chi connectivity index (χ1n) is 5.85. The van der Waals surface area contributed by atoms with Gasteiger partial charge in [-0.05, 0) is 17.3 Å². The first-order valence-corrected chi connectivity index (χ1v) is 5.85. The van der Waals surface area contributed by atoms with Crippen LogP contribution in [0.4, 0.5) is 5.69 Å². The number of hydrogen-bond donors (Lipinski definition) is 0. The Kier molecular flexibility index (Phi) is 5.80. The summed E-state index contributed by atoms with van der Waals surface area (Å²) >= 11 is 0. The van der Waals surface area contributed by atoms with Crippen molar-refractivity contribution < 1.29 is 52.2 Å². The molecule has 2 aromatic rings. The molecule has 0 aromatic heterocycles. The third kappa shape index (κ3) is 2.97. The molecule has 0 spiro atoms. The summed E-state index contributed by atoms with van der Waals surface area (Å²) in [5, 5.41) is 0. The predicted octanol–water partition coefficient (Wildman–Crippen LogP) is 3.89. The van der Waals surface area contributed by atoms with E-state index in [0.717, 1.165) is 17.0 Å². The van der Waals surface area contributed by atoms with E-state index in [1.807, 2.05) is 24.3 Å². The summed E-state index contributed by atoms with van der Waals surface area (Å²) in [6.45, 7) is 4.44. The molecule has 89 valence electrons. The molecule has 19 heavy (non-hydrogen) atoms. The van der Waals surface area contributed by atoms with E-state index in [4.69, 9.17) is 4.99 Å². The maximum atomic E-state index is 4.76. The molecule has 0 atom stereocenters. The number of aliphatic imine (C=N–C) groups is 1. The average Bonchev–Trinajstić information content (AvgIpc) is 2.63. The second kappa shape index (κ2) is 6.53. The summed E-state index contributed by atoms with van der Waals surface area (Å²) in [5.41, 5.74) is 4.55. The normalized spacial score (nSPS) is 14.7. The van der Waals surface area contributed by atoms with Crippen molar-refractivity contribution in [3.8, 4) is 0 Å². The minimum atomic E-state index is -0.0333. The molecule has 0 amide bonds. The second-order valence-corrected chi connectivity index (χ2v) is 4.88. The fourth-order valence-electron chi connectivity index (χ4n) is 2.42. The van der Waals surface area contributed by atoms with Crippen LogP contribution < -0.4 is 0 Å². The van der Waals surface area contributed by atoms with E-state index in [-0.39, 0.29) is 57.6 Å². The zero-order valence-electron chi connectivity index (χ0n) is 11.4. The molecule has 1 aliphatic heterocycles. The summed E-state index contributed by atoms with van der Waals surface area (Å²) in [5.74, 6) is 0. The van der Waals surface area contributed by atoms with Gasteiger partial charge in [0.05, 0.1) is 5.69 Å². The van der Waals surface area contributed by atoms with Crippen molar-refractivity contribution in [3.63, 3.8) is 0 Å². The van der Waals surface area contributed by atoms with Crippen LogP contribution in [-0.4, -0.2) is 5.71 Å². The summed E-state index contributed by atoms with van der Waals surface area (Å²) in [7, 11) is 0. The summed E-state index contributed by atoms with van der Waals surface area (Å²) < 4.78 is 0. The Labute approximate surface area is 152 Å². The molecular formula is C16H14NYZn-. The summed E-state index contributed by atoms with van der Waals surface area (Å²) in [6, 6.07) is 19.7. The maximum Gasteiger partial charge on any atom is 0.0553 e. The molecule has 2 aromatic carbocycles. The number of fused-ring (bicyclic) bond motifs is 1. The number of nitrogens with zero attached hydrogens (tertiary/aromatic N) is 1. The van der Waals surface area contributed by atoms with Crippen molar-refractivity contribution in [2.45, 2.75) is 19.3 Å². The van der Waals surface area contributed by atoms with Gasteiger partial charge in [-0.3, -0.25) is 4.99 Å². The Hall–Kier alpha value is -0.163. The van der Waals surface area contributed by atoms with Crippen molar-refractivity contribution in [1.82, 2.24) is 0 Å². The minimum absolute atomic E-state index is 0. The Morgan fingerprint density at radius 3 is 2.32 bits per heavy atom. The van der Waals surface area contributed by atoms with Crippen LogP contribution in [0.15, 0.2) is 53.5 Å². The van der Waals surface area contributed by atoms with E-state index in [0.29, 0.717) is 0 Å². The number of rotatable bonds is 1. The SMILES string of the molecule is CC1(C)C(c2[c-]cccc2)=Nc2ccccc21.[Y].[Zn]. The number of para-hydroxylation sites is 1. The zero-order chi connectivity index (χ0) is 11.9. The molecule has 1 radical (unpaired) electrons. The van der Waals surface area contributed by atoms with E-state index < -0.39 is 0 Å². The number of hydrogen-bond acceptors (Lipinski definition) is 1. The minimum Gasteiger partial charge on any atom is -0.300 e. The Morgan fingerprint density at radius 1 is 1.00 bits per heavy atom. The topological polar surface area (TPSA) is 12.4 Å². The van der Waals surface area contributed by atoms with Crippen molar-refractivity contribution >= 4 is 11.4 Å². The molecule has 0 bridgehead atoms. The molecule has 0 saturated carbocycles. The largest absolute Gasteiger partial charge is 0.300 e. The van der Waals surface area contributed by atoms with E-state index in [1.54, 1.807) is 0 Å². The predicted molar refractivity (Wildman–Crippen MR) is 70.9 cm³/mol. The second-order valence-electron chi connectivity index (χ2n) is 4.88. The van der Waals surface area contributed by atoms with E-state index in [2.05, 4.69) is 44.2 Å².